The van der Waals surface area contributed by atoms with Crippen LogP contribution >= 0.6 is 23.2 Å². The van der Waals surface area contributed by atoms with Crippen molar-refractivity contribution in [3.8, 4) is 11.4 Å². The molecule has 4 atom stereocenters. The Morgan fingerprint density at radius 1 is 1.19 bits per heavy atom. The van der Waals surface area contributed by atoms with Gasteiger partial charge in [0.2, 0.25) is 5.91 Å². The molecule has 0 fully saturated rings. The Balaban J connectivity index is 1.88. The molecule has 37 heavy (non-hydrogen) atoms. The lowest BCUT2D eigenvalue weighted by molar-refractivity contribution is -0.207. The number of urea groups is 1. The van der Waals surface area contributed by atoms with E-state index in [1.165, 1.54) is 24.3 Å². The maximum absolute atomic E-state index is 13.0. The minimum absolute atomic E-state index is 0.0791. The Hall–Kier alpha value is -3.29. The second kappa shape index (κ2) is 11.8. The number of amides is 3. The Morgan fingerprint density at radius 3 is 2.43 bits per heavy atom. The molecule has 5 N–H and O–H groups in total. The first-order valence-electron chi connectivity index (χ1n) is 10.9. The van der Waals surface area contributed by atoms with Crippen LogP contribution in [0.3, 0.4) is 0 Å². The van der Waals surface area contributed by atoms with Crippen molar-refractivity contribution in [2.45, 2.75) is 36.8 Å². The summed E-state index contributed by atoms with van der Waals surface area (Å²) in [4.78, 5) is 37.0. The van der Waals surface area contributed by atoms with Gasteiger partial charge in [-0.3, -0.25) is 9.36 Å². The highest BCUT2D eigenvalue weighted by molar-refractivity contribution is 6.30. The van der Waals surface area contributed by atoms with E-state index in [-0.39, 0.29) is 17.9 Å². The van der Waals surface area contributed by atoms with Crippen molar-refractivity contribution in [2.75, 3.05) is 6.54 Å². The number of benzene rings is 1. The number of aromatic nitrogens is 3. The summed E-state index contributed by atoms with van der Waals surface area (Å²) in [6, 6.07) is 4.20. The lowest BCUT2D eigenvalue weighted by Gasteiger charge is -2.29. The predicted molar refractivity (Wildman–Crippen MR) is 130 cm³/mol. The average molecular weight is 563 g/mol. The second-order valence-corrected chi connectivity index (χ2v) is 9.09. The van der Waals surface area contributed by atoms with Gasteiger partial charge in [-0.05, 0) is 24.3 Å². The fraction of sp³-hybridized carbons (Fsp3) is 0.364. The smallest absolute Gasteiger partial charge is 0.382 e. The van der Waals surface area contributed by atoms with Crippen LogP contribution in [0.15, 0.2) is 53.4 Å². The summed E-state index contributed by atoms with van der Waals surface area (Å²) in [6.45, 7) is -1.88. The van der Waals surface area contributed by atoms with Crippen LogP contribution in [-0.4, -0.2) is 61.6 Å². The minimum atomic E-state index is -4.99. The van der Waals surface area contributed by atoms with Crippen molar-refractivity contribution >= 4 is 35.1 Å². The van der Waals surface area contributed by atoms with Crippen LogP contribution in [0.2, 0.25) is 5.02 Å². The van der Waals surface area contributed by atoms with Gasteiger partial charge in [0.05, 0.1) is 18.0 Å². The molecule has 200 valence electrons. The third kappa shape index (κ3) is 7.37. The molecule has 0 bridgehead atoms. The number of aliphatic hydroxyl groups is 1. The Morgan fingerprint density at radius 2 is 1.84 bits per heavy atom. The molecule has 0 aliphatic heterocycles. The van der Waals surface area contributed by atoms with E-state index in [9.17, 15) is 32.7 Å². The quantitative estimate of drug-likeness (QED) is 0.344. The number of hydrogen-bond donors (Lipinski definition) is 4. The van der Waals surface area contributed by atoms with Crippen molar-refractivity contribution in [3.63, 3.8) is 0 Å². The number of allylic oxidation sites excluding steroid dienone is 3. The predicted octanol–water partition coefficient (Wildman–Crippen LogP) is 1.79. The van der Waals surface area contributed by atoms with Gasteiger partial charge in [0, 0.05) is 23.0 Å². The standard InChI is InChI=1S/C22H23Cl2F3N6O4/c23-13-7-5-12(6-8-13)19-31-33(21(37)32(19)10-17(34)22(25,26)27)11-18(35)30-16(9-29-20(28)36)14-3-1-2-4-15(14)24/h1-8,14-17,34H,9-11H2,(H,30,35)(H3,28,29,36)/t14?,15?,16?,17-/m0/s1. The molecule has 1 heterocycles. The number of nitrogens with two attached hydrogens (primary N) is 1. The Labute approximate surface area is 218 Å². The van der Waals surface area contributed by atoms with Crippen molar-refractivity contribution < 1.29 is 27.9 Å². The van der Waals surface area contributed by atoms with E-state index in [0.717, 1.165) is 0 Å². The highest BCUT2D eigenvalue weighted by Crippen LogP contribution is 2.24. The molecule has 2 aromatic rings. The molecule has 0 radical (unpaired) electrons. The highest BCUT2D eigenvalue weighted by atomic mass is 35.5. The largest absolute Gasteiger partial charge is 0.416 e. The summed E-state index contributed by atoms with van der Waals surface area (Å²) in [6.07, 6.45) is -0.997. The first-order chi connectivity index (χ1) is 17.4. The molecule has 1 aliphatic carbocycles. The first kappa shape index (κ1) is 28.3. The van der Waals surface area contributed by atoms with Crippen molar-refractivity contribution in [2.24, 2.45) is 11.7 Å². The number of halogens is 5. The molecule has 15 heteroatoms. The lowest BCUT2D eigenvalue weighted by Crippen LogP contribution is -2.51. The summed E-state index contributed by atoms with van der Waals surface area (Å²) in [5.41, 5.74) is 4.33. The van der Waals surface area contributed by atoms with Crippen LogP contribution in [0.5, 0.6) is 0 Å². The van der Waals surface area contributed by atoms with Gasteiger partial charge in [0.1, 0.15) is 6.54 Å². The zero-order chi connectivity index (χ0) is 27.3. The molecular formula is C22H23Cl2F3N6O4. The normalized spacial score (nSPS) is 18.9. The van der Waals surface area contributed by atoms with E-state index in [2.05, 4.69) is 15.7 Å². The molecule has 0 saturated heterocycles. The number of carbonyl (C=O) groups is 2. The third-order valence-corrected chi connectivity index (χ3v) is 6.15. The summed E-state index contributed by atoms with van der Waals surface area (Å²) in [7, 11) is 0. The lowest BCUT2D eigenvalue weighted by atomic mass is 9.92. The third-order valence-electron chi connectivity index (χ3n) is 5.47. The first-order valence-corrected chi connectivity index (χ1v) is 11.7. The van der Waals surface area contributed by atoms with E-state index in [1.807, 2.05) is 0 Å². The monoisotopic (exact) mass is 562 g/mol. The van der Waals surface area contributed by atoms with Gasteiger partial charge in [-0.2, -0.15) is 13.2 Å². The zero-order valence-electron chi connectivity index (χ0n) is 19.0. The summed E-state index contributed by atoms with van der Waals surface area (Å²) >= 11 is 12.2. The van der Waals surface area contributed by atoms with Gasteiger partial charge in [0.25, 0.3) is 0 Å². The van der Waals surface area contributed by atoms with Gasteiger partial charge in [0.15, 0.2) is 11.9 Å². The second-order valence-electron chi connectivity index (χ2n) is 8.15. The van der Waals surface area contributed by atoms with Crippen molar-refractivity contribution in [3.05, 3.63) is 64.1 Å². The zero-order valence-corrected chi connectivity index (χ0v) is 20.5. The van der Waals surface area contributed by atoms with Crippen LogP contribution < -0.4 is 22.1 Å². The van der Waals surface area contributed by atoms with E-state index in [0.29, 0.717) is 14.3 Å². The molecule has 1 aromatic heterocycles. The molecule has 1 aliphatic rings. The number of carbonyl (C=O) groups excluding carboxylic acids is 2. The molecule has 3 amide bonds. The van der Waals surface area contributed by atoms with Gasteiger partial charge >= 0.3 is 17.9 Å². The Bertz CT molecular complexity index is 1240. The molecular weight excluding hydrogens is 540 g/mol. The minimum Gasteiger partial charge on any atom is -0.382 e. The highest BCUT2D eigenvalue weighted by Gasteiger charge is 2.39. The number of aliphatic hydroxyl groups excluding tert-OH is 1. The van der Waals surface area contributed by atoms with E-state index < -0.39 is 60.3 Å². The van der Waals surface area contributed by atoms with Gasteiger partial charge in [-0.1, -0.05) is 35.9 Å². The van der Waals surface area contributed by atoms with Crippen LogP contribution in [0.25, 0.3) is 11.4 Å². The molecule has 1 aromatic carbocycles. The Kier molecular flexibility index (Phi) is 9.05. The SMILES string of the molecule is NC(=O)NCC(NC(=O)Cn1nc(-c2ccc(Cl)cc2)n(C[C@H](O)C(F)(F)F)c1=O)C1C=CC=CC1Cl. The summed E-state index contributed by atoms with van der Waals surface area (Å²) in [5, 5.41) is 18.5. The van der Waals surface area contributed by atoms with Crippen molar-refractivity contribution in [1.29, 1.82) is 0 Å². The van der Waals surface area contributed by atoms with Crippen LogP contribution in [0.4, 0.5) is 18.0 Å². The maximum Gasteiger partial charge on any atom is 0.416 e. The van der Waals surface area contributed by atoms with Gasteiger partial charge in [-0.15, -0.1) is 16.7 Å². The van der Waals surface area contributed by atoms with E-state index in [1.54, 1.807) is 24.3 Å². The maximum atomic E-state index is 13.0. The van der Waals surface area contributed by atoms with E-state index in [4.69, 9.17) is 28.9 Å². The molecule has 0 saturated carbocycles. The molecule has 3 rings (SSSR count). The fourth-order valence-corrected chi connectivity index (χ4v) is 4.10. The number of rotatable bonds is 9. The van der Waals surface area contributed by atoms with Crippen molar-refractivity contribution in [1.82, 2.24) is 25.0 Å². The van der Waals surface area contributed by atoms with Crippen LogP contribution in [-0.2, 0) is 17.9 Å². The topological polar surface area (TPSA) is 144 Å². The number of nitrogens with one attached hydrogen (secondary N) is 2. The summed E-state index contributed by atoms with van der Waals surface area (Å²) in [5.74, 6) is -1.37. The number of primary amides is 1. The van der Waals surface area contributed by atoms with Gasteiger partial charge in [-0.25, -0.2) is 14.3 Å². The molecule has 0 spiro atoms. The number of hydrogen-bond acceptors (Lipinski definition) is 5. The number of alkyl halides is 4. The van der Waals surface area contributed by atoms with Crippen LogP contribution in [0.1, 0.15) is 0 Å². The van der Waals surface area contributed by atoms with E-state index >= 15 is 0 Å². The molecule has 10 nitrogen and oxygen atoms in total. The molecule has 3 unspecified atom stereocenters. The number of nitrogens with zero attached hydrogens (tertiary/aromatic N) is 3. The van der Waals surface area contributed by atoms with Gasteiger partial charge < -0.3 is 21.5 Å². The summed E-state index contributed by atoms with van der Waals surface area (Å²) < 4.78 is 40.4. The average Bonchev–Trinajstić information content (AvgIpc) is 3.11. The van der Waals surface area contributed by atoms with Crippen LogP contribution in [0, 0.1) is 5.92 Å². The fourth-order valence-electron chi connectivity index (χ4n) is 3.63.